The summed E-state index contributed by atoms with van der Waals surface area (Å²) in [6.45, 7) is 0. The van der Waals surface area contributed by atoms with E-state index in [2.05, 4.69) is 16.0 Å². The van der Waals surface area contributed by atoms with Gasteiger partial charge >= 0.3 is 0 Å². The summed E-state index contributed by atoms with van der Waals surface area (Å²) < 4.78 is 7.56. The van der Waals surface area contributed by atoms with Gasteiger partial charge in [0.1, 0.15) is 5.75 Å². The quantitative estimate of drug-likeness (QED) is 0.871. The SMILES string of the molecule is COc1c(N)cccc1-c1cnn(C2C[C@@H]3C[C@@H]3C2)c1. The van der Waals surface area contributed by atoms with Gasteiger partial charge in [-0.25, -0.2) is 0 Å². The van der Waals surface area contributed by atoms with Crippen LogP contribution in [0.3, 0.4) is 0 Å². The first-order chi connectivity index (χ1) is 9.76. The van der Waals surface area contributed by atoms with E-state index in [1.54, 1.807) is 7.11 Å². The Bertz CT molecular complexity index is 639. The van der Waals surface area contributed by atoms with Gasteiger partial charge in [-0.2, -0.15) is 5.10 Å². The van der Waals surface area contributed by atoms with Gasteiger partial charge in [-0.05, 0) is 37.2 Å². The summed E-state index contributed by atoms with van der Waals surface area (Å²) in [6.07, 6.45) is 8.07. The summed E-state index contributed by atoms with van der Waals surface area (Å²) in [7, 11) is 1.66. The topological polar surface area (TPSA) is 53.1 Å². The molecule has 2 aliphatic carbocycles. The van der Waals surface area contributed by atoms with Crippen molar-refractivity contribution in [1.82, 2.24) is 9.78 Å². The number of para-hydroxylation sites is 1. The minimum atomic E-state index is 0.583. The highest BCUT2D eigenvalue weighted by Gasteiger charge is 2.46. The second-order valence-electron chi connectivity index (χ2n) is 6.02. The van der Waals surface area contributed by atoms with E-state index in [9.17, 15) is 0 Å². The van der Waals surface area contributed by atoms with Gasteiger partial charge in [0.25, 0.3) is 0 Å². The molecule has 2 saturated carbocycles. The van der Waals surface area contributed by atoms with Gasteiger partial charge in [-0.1, -0.05) is 12.1 Å². The molecule has 0 radical (unpaired) electrons. The van der Waals surface area contributed by atoms with Crippen molar-refractivity contribution in [2.24, 2.45) is 11.8 Å². The maximum atomic E-state index is 5.97. The molecule has 1 aromatic heterocycles. The smallest absolute Gasteiger partial charge is 0.149 e. The number of aromatic nitrogens is 2. The zero-order chi connectivity index (χ0) is 13.7. The molecule has 4 heteroatoms. The van der Waals surface area contributed by atoms with E-state index in [1.807, 2.05) is 24.4 Å². The third kappa shape index (κ3) is 1.79. The molecule has 0 aliphatic heterocycles. The standard InChI is InChI=1S/C16H19N3O/c1-20-16-14(3-2-4-15(16)17)12-8-18-19(9-12)13-6-10-5-11(10)7-13/h2-4,8-11,13H,5-7,17H2,1H3/t10-,11+,13?. The average Bonchev–Trinajstić information content (AvgIpc) is 2.91. The Labute approximate surface area is 118 Å². The van der Waals surface area contributed by atoms with Crippen molar-refractivity contribution in [3.8, 4) is 16.9 Å². The van der Waals surface area contributed by atoms with E-state index < -0.39 is 0 Å². The number of nitrogen functional groups attached to an aromatic ring is 1. The first-order valence-corrected chi connectivity index (χ1v) is 7.23. The van der Waals surface area contributed by atoms with Crippen LogP contribution < -0.4 is 10.5 Å². The van der Waals surface area contributed by atoms with Gasteiger partial charge in [-0.15, -0.1) is 0 Å². The van der Waals surface area contributed by atoms with E-state index in [0.717, 1.165) is 28.7 Å². The first kappa shape index (κ1) is 11.8. The number of rotatable bonds is 3. The fraction of sp³-hybridized carbons (Fsp3) is 0.438. The van der Waals surface area contributed by atoms with E-state index in [4.69, 9.17) is 10.5 Å². The molecule has 1 unspecified atom stereocenters. The molecule has 1 aromatic carbocycles. The second-order valence-corrected chi connectivity index (χ2v) is 6.02. The van der Waals surface area contributed by atoms with E-state index in [0.29, 0.717) is 11.7 Å². The van der Waals surface area contributed by atoms with Gasteiger partial charge in [0, 0.05) is 17.3 Å². The van der Waals surface area contributed by atoms with Gasteiger partial charge < -0.3 is 10.5 Å². The molecule has 4 rings (SSSR count). The molecule has 104 valence electrons. The van der Waals surface area contributed by atoms with E-state index in [1.165, 1.54) is 19.3 Å². The monoisotopic (exact) mass is 269 g/mol. The predicted molar refractivity (Wildman–Crippen MR) is 78.5 cm³/mol. The molecule has 3 atom stereocenters. The highest BCUT2D eigenvalue weighted by molar-refractivity contribution is 5.76. The maximum Gasteiger partial charge on any atom is 0.149 e. The second kappa shape index (κ2) is 4.27. The lowest BCUT2D eigenvalue weighted by molar-refractivity contribution is 0.418. The summed E-state index contributed by atoms with van der Waals surface area (Å²) in [6, 6.07) is 6.43. The van der Waals surface area contributed by atoms with Crippen LogP contribution in [0.15, 0.2) is 30.6 Å². The van der Waals surface area contributed by atoms with Crippen molar-refractivity contribution >= 4 is 5.69 Å². The molecular weight excluding hydrogens is 250 g/mol. The molecule has 2 aliphatic rings. The van der Waals surface area contributed by atoms with Crippen molar-refractivity contribution in [1.29, 1.82) is 0 Å². The highest BCUT2D eigenvalue weighted by Crippen LogP contribution is 2.55. The van der Waals surface area contributed by atoms with Crippen LogP contribution in [0.4, 0.5) is 5.69 Å². The van der Waals surface area contributed by atoms with Crippen molar-refractivity contribution in [2.45, 2.75) is 25.3 Å². The molecular formula is C16H19N3O. The van der Waals surface area contributed by atoms with Crippen LogP contribution >= 0.6 is 0 Å². The Morgan fingerprint density at radius 3 is 2.80 bits per heavy atom. The van der Waals surface area contributed by atoms with Crippen molar-refractivity contribution < 1.29 is 4.74 Å². The van der Waals surface area contributed by atoms with Crippen molar-refractivity contribution in [2.75, 3.05) is 12.8 Å². The molecule has 1 heterocycles. The number of benzene rings is 1. The first-order valence-electron chi connectivity index (χ1n) is 7.23. The summed E-state index contributed by atoms with van der Waals surface area (Å²) in [5.74, 6) is 2.67. The summed E-state index contributed by atoms with van der Waals surface area (Å²) in [5, 5.41) is 4.55. The van der Waals surface area contributed by atoms with Crippen LogP contribution in [0, 0.1) is 11.8 Å². The van der Waals surface area contributed by atoms with Crippen LogP contribution in [0.5, 0.6) is 5.75 Å². The van der Waals surface area contributed by atoms with Gasteiger partial charge in [0.15, 0.2) is 0 Å². The Hall–Kier alpha value is -1.97. The van der Waals surface area contributed by atoms with Gasteiger partial charge in [-0.3, -0.25) is 4.68 Å². The Morgan fingerprint density at radius 1 is 1.25 bits per heavy atom. The minimum absolute atomic E-state index is 0.583. The molecule has 2 N–H and O–H groups in total. The summed E-state index contributed by atoms with van der Waals surface area (Å²) in [4.78, 5) is 0. The van der Waals surface area contributed by atoms with Gasteiger partial charge in [0.05, 0.1) is 25.0 Å². The number of nitrogens with two attached hydrogens (primary N) is 1. The Balaban J connectivity index is 1.66. The molecule has 2 aromatic rings. The normalized spacial score (nSPS) is 27.4. The molecule has 4 nitrogen and oxygen atoms in total. The number of hydrogen-bond donors (Lipinski definition) is 1. The van der Waals surface area contributed by atoms with Crippen molar-refractivity contribution in [3.63, 3.8) is 0 Å². The average molecular weight is 269 g/mol. The van der Waals surface area contributed by atoms with Crippen LogP contribution in [0.2, 0.25) is 0 Å². The number of ether oxygens (including phenoxy) is 1. The zero-order valence-corrected chi connectivity index (χ0v) is 11.6. The number of hydrogen-bond acceptors (Lipinski definition) is 3. The lowest BCUT2D eigenvalue weighted by Gasteiger charge is -2.12. The zero-order valence-electron chi connectivity index (χ0n) is 11.6. The van der Waals surface area contributed by atoms with Crippen LogP contribution in [0.25, 0.3) is 11.1 Å². The minimum Gasteiger partial charge on any atom is -0.494 e. The van der Waals surface area contributed by atoms with Crippen LogP contribution in [-0.2, 0) is 0 Å². The predicted octanol–water partition coefficient (Wildman–Crippen LogP) is 3.11. The Kier molecular flexibility index (Phi) is 2.52. The lowest BCUT2D eigenvalue weighted by atomic mass is 10.1. The fourth-order valence-electron chi connectivity index (χ4n) is 3.59. The molecule has 0 amide bonds. The van der Waals surface area contributed by atoms with E-state index in [-0.39, 0.29) is 0 Å². The largest absolute Gasteiger partial charge is 0.494 e. The third-order valence-electron chi connectivity index (χ3n) is 4.75. The third-order valence-corrected chi connectivity index (χ3v) is 4.75. The fourth-order valence-corrected chi connectivity index (χ4v) is 3.59. The summed E-state index contributed by atoms with van der Waals surface area (Å²) in [5.41, 5.74) is 8.73. The van der Waals surface area contributed by atoms with Gasteiger partial charge in [0.2, 0.25) is 0 Å². The van der Waals surface area contributed by atoms with Crippen LogP contribution in [0.1, 0.15) is 25.3 Å². The Morgan fingerprint density at radius 2 is 2.05 bits per heavy atom. The van der Waals surface area contributed by atoms with E-state index >= 15 is 0 Å². The highest BCUT2D eigenvalue weighted by atomic mass is 16.5. The maximum absolute atomic E-state index is 5.97. The number of nitrogens with zero attached hydrogens (tertiary/aromatic N) is 2. The number of methoxy groups -OCH3 is 1. The lowest BCUT2D eigenvalue weighted by Crippen LogP contribution is -2.06. The molecule has 20 heavy (non-hydrogen) atoms. The molecule has 0 spiro atoms. The van der Waals surface area contributed by atoms with Crippen LogP contribution in [-0.4, -0.2) is 16.9 Å². The van der Waals surface area contributed by atoms with Crippen molar-refractivity contribution in [3.05, 3.63) is 30.6 Å². The summed E-state index contributed by atoms with van der Waals surface area (Å²) >= 11 is 0. The molecule has 0 bridgehead atoms. The molecule has 0 saturated heterocycles. The number of anilines is 1. The molecule has 2 fully saturated rings. The number of fused-ring (bicyclic) bond motifs is 1.